The van der Waals surface area contributed by atoms with Crippen molar-refractivity contribution in [2.75, 3.05) is 0 Å². The molecular weight excluding hydrogens is 664 g/mol. The Balaban J connectivity index is 0.000000140. The van der Waals surface area contributed by atoms with Crippen LogP contribution in [0.1, 0.15) is 81.8 Å². The minimum Gasteiger partial charge on any atom is -0.388 e. The van der Waals surface area contributed by atoms with Gasteiger partial charge < -0.3 is 9.84 Å². The maximum Gasteiger partial charge on any atom is 0.394 e. The van der Waals surface area contributed by atoms with Crippen LogP contribution in [0.5, 0.6) is 0 Å². The number of allylic oxidation sites excluding steroid dienone is 1. The molecule has 260 valence electrons. The number of epoxide rings is 1. The highest BCUT2D eigenvalue weighted by Gasteiger charge is 2.47. The van der Waals surface area contributed by atoms with E-state index in [-0.39, 0.29) is 42.6 Å². The van der Waals surface area contributed by atoms with E-state index < -0.39 is 10.4 Å². The smallest absolute Gasteiger partial charge is 0.388 e. The third-order valence-electron chi connectivity index (χ3n) is 8.30. The van der Waals surface area contributed by atoms with Crippen molar-refractivity contribution in [1.29, 1.82) is 0 Å². The maximum absolute atomic E-state index is 12.7. The van der Waals surface area contributed by atoms with Crippen LogP contribution in [0.2, 0.25) is 0 Å². The van der Waals surface area contributed by atoms with E-state index in [0.29, 0.717) is 30.6 Å². The molecule has 1 fully saturated rings. The third kappa shape index (κ3) is 10.4. The molecule has 4 aromatic carbocycles. The Morgan fingerprint density at radius 3 is 1.92 bits per heavy atom. The van der Waals surface area contributed by atoms with Gasteiger partial charge in [-0.05, 0) is 119 Å². The van der Waals surface area contributed by atoms with E-state index in [9.17, 15) is 27.5 Å². The second kappa shape index (κ2) is 16.0. The van der Waals surface area contributed by atoms with Crippen LogP contribution in [0.15, 0.2) is 78.9 Å². The number of aryl methyl sites for hydroxylation is 2. The number of ketones is 1. The zero-order chi connectivity index (χ0) is 34.6. The monoisotopic (exact) mass is 700 g/mol. The van der Waals surface area contributed by atoms with Crippen LogP contribution in [-0.2, 0) is 40.8 Å². The molecule has 0 amide bonds. The second-order valence-electron chi connectivity index (χ2n) is 11.7. The molecule has 4 aliphatic carbocycles. The summed E-state index contributed by atoms with van der Waals surface area (Å²) in [6.07, 6.45) is 8.92. The number of rotatable bonds is 0. The van der Waals surface area contributed by atoms with Crippen molar-refractivity contribution < 1.29 is 49.7 Å². The molecule has 0 saturated carbocycles. The van der Waals surface area contributed by atoms with Gasteiger partial charge in [-0.1, -0.05) is 37.8 Å². The Bertz CT molecular complexity index is 1910. The SMILES string of the molecule is C.Fc1ccc2c(c1)CC=C2.Fc1ccc2c(c1)C[C@@H]1O[C@H]21.O=C1CCc2cc(F)ccc21.O=S(=O)(O)O.OC1CCc2cc(F)ccc21. The van der Waals surface area contributed by atoms with Crippen molar-refractivity contribution in [2.45, 2.75) is 64.3 Å². The lowest BCUT2D eigenvalue weighted by molar-refractivity contribution is 0.0994. The average Bonchev–Trinajstić information content (AvgIpc) is 3.35. The molecule has 1 saturated heterocycles. The Morgan fingerprint density at radius 2 is 1.24 bits per heavy atom. The van der Waals surface area contributed by atoms with E-state index >= 15 is 0 Å². The van der Waals surface area contributed by atoms with Gasteiger partial charge in [-0.15, -0.1) is 0 Å². The van der Waals surface area contributed by atoms with E-state index in [4.69, 9.17) is 22.3 Å². The van der Waals surface area contributed by atoms with Crippen LogP contribution in [0.3, 0.4) is 0 Å². The van der Waals surface area contributed by atoms with Crippen LogP contribution in [0.4, 0.5) is 17.6 Å². The van der Waals surface area contributed by atoms with E-state index in [1.54, 1.807) is 24.3 Å². The highest BCUT2D eigenvalue weighted by atomic mass is 32.3. The summed E-state index contributed by atoms with van der Waals surface area (Å²) < 4.78 is 87.3. The van der Waals surface area contributed by atoms with Crippen molar-refractivity contribution in [3.63, 3.8) is 0 Å². The molecule has 0 radical (unpaired) electrons. The van der Waals surface area contributed by atoms with Crippen LogP contribution >= 0.6 is 0 Å². The molecule has 1 heterocycles. The first kappa shape index (κ1) is 37.6. The highest BCUT2D eigenvalue weighted by molar-refractivity contribution is 7.79. The summed E-state index contributed by atoms with van der Waals surface area (Å²) in [4.78, 5) is 11.1. The fourth-order valence-corrected chi connectivity index (χ4v) is 6.03. The fraction of sp³-hybridized carbons (Fsp3) is 0.270. The first-order valence-corrected chi connectivity index (χ1v) is 16.5. The van der Waals surface area contributed by atoms with Gasteiger partial charge in [-0.25, -0.2) is 17.6 Å². The Hall–Kier alpha value is -4.20. The molecule has 12 heteroatoms. The largest absolute Gasteiger partial charge is 0.394 e. The molecular formula is C37H36F4O7S. The number of aliphatic hydroxyl groups excluding tert-OH is 1. The van der Waals surface area contributed by atoms with E-state index in [1.807, 2.05) is 24.3 Å². The van der Waals surface area contributed by atoms with Crippen molar-refractivity contribution in [3.05, 3.63) is 147 Å². The number of hydrogen-bond donors (Lipinski definition) is 3. The molecule has 9 rings (SSSR count). The lowest BCUT2D eigenvalue weighted by Gasteiger charge is -2.01. The standard InChI is InChI=1S/C9H7FO.C9H9FO.C9H7FO.C9H7F.CH4.H2O4S/c10-6-1-2-7-5(3-6)4-8-9(7)11-8;2*10-7-2-3-8-6(5-7)1-4-9(8)11;10-9-5-4-7-2-1-3-8(7)6-9;;1-5(2,3)4/h1-3,8-9H,4H2;2-3,5,9,11H,1,4H2;2-3,5H,1,4H2;1-2,4-6H,3H2;1H4;(H2,1,2,3,4)/t8-,9+;;;;;/m0...../s1. The molecule has 49 heavy (non-hydrogen) atoms. The number of halogens is 4. The molecule has 1 unspecified atom stereocenters. The predicted molar refractivity (Wildman–Crippen MR) is 176 cm³/mol. The van der Waals surface area contributed by atoms with Gasteiger partial charge in [0, 0.05) is 18.4 Å². The molecule has 0 aromatic heterocycles. The van der Waals surface area contributed by atoms with E-state index in [0.717, 1.165) is 59.1 Å². The van der Waals surface area contributed by atoms with Gasteiger partial charge in [-0.2, -0.15) is 8.42 Å². The molecule has 0 bridgehead atoms. The lowest BCUT2D eigenvalue weighted by atomic mass is 10.1. The van der Waals surface area contributed by atoms with Crippen molar-refractivity contribution in [3.8, 4) is 0 Å². The highest BCUT2D eigenvalue weighted by Crippen LogP contribution is 2.48. The summed E-state index contributed by atoms with van der Waals surface area (Å²) in [6.45, 7) is 0. The number of fused-ring (bicyclic) bond motifs is 6. The quantitative estimate of drug-likeness (QED) is 0.0966. The van der Waals surface area contributed by atoms with Crippen molar-refractivity contribution in [2.24, 2.45) is 0 Å². The lowest BCUT2D eigenvalue weighted by Crippen LogP contribution is -1.90. The number of hydrogen-bond acceptors (Lipinski definition) is 5. The Morgan fingerprint density at radius 1 is 0.694 bits per heavy atom. The molecule has 7 nitrogen and oxygen atoms in total. The zero-order valence-corrected chi connectivity index (χ0v) is 26.3. The molecule has 5 aliphatic rings. The van der Waals surface area contributed by atoms with Gasteiger partial charge in [-0.3, -0.25) is 13.9 Å². The van der Waals surface area contributed by atoms with E-state index in [1.165, 1.54) is 42.0 Å². The Kier molecular flexibility index (Phi) is 12.3. The Labute approximate surface area is 282 Å². The van der Waals surface area contributed by atoms with Crippen LogP contribution in [-0.4, -0.2) is 34.5 Å². The van der Waals surface area contributed by atoms with Gasteiger partial charge in [0.05, 0.1) is 12.2 Å². The molecule has 4 aromatic rings. The number of carbonyl (C=O) groups is 1. The van der Waals surface area contributed by atoms with Gasteiger partial charge in [0.25, 0.3) is 0 Å². The zero-order valence-electron chi connectivity index (χ0n) is 25.5. The first-order valence-electron chi connectivity index (χ1n) is 15.1. The predicted octanol–water partition coefficient (Wildman–Crippen LogP) is 7.96. The van der Waals surface area contributed by atoms with Crippen LogP contribution in [0.25, 0.3) is 6.08 Å². The van der Waals surface area contributed by atoms with Gasteiger partial charge >= 0.3 is 10.4 Å². The maximum atomic E-state index is 12.7. The number of carbonyl (C=O) groups excluding carboxylic acids is 1. The number of Topliss-reactive ketones (excluding diaryl/α,β-unsaturated/α-hetero) is 1. The summed E-state index contributed by atoms with van der Waals surface area (Å²) in [5.74, 6) is -0.594. The first-order chi connectivity index (χ1) is 22.7. The average molecular weight is 701 g/mol. The number of ether oxygens (including phenoxy) is 1. The van der Waals surface area contributed by atoms with Gasteiger partial charge in [0.15, 0.2) is 5.78 Å². The molecule has 1 aliphatic heterocycles. The summed E-state index contributed by atoms with van der Waals surface area (Å²) in [5, 5.41) is 9.35. The molecule has 0 spiro atoms. The topological polar surface area (TPSA) is 124 Å². The molecule has 3 N–H and O–H groups in total. The fourth-order valence-electron chi connectivity index (χ4n) is 6.03. The van der Waals surface area contributed by atoms with Gasteiger partial charge in [0.2, 0.25) is 0 Å². The summed E-state index contributed by atoms with van der Waals surface area (Å²) in [7, 11) is -4.67. The number of aliphatic hydroxyl groups is 1. The summed E-state index contributed by atoms with van der Waals surface area (Å²) >= 11 is 0. The van der Waals surface area contributed by atoms with Crippen LogP contribution < -0.4 is 0 Å². The second-order valence-corrected chi connectivity index (χ2v) is 12.6. The van der Waals surface area contributed by atoms with Crippen molar-refractivity contribution >= 4 is 22.3 Å². The summed E-state index contributed by atoms with van der Waals surface area (Å²) in [5.41, 5.74) is 7.98. The summed E-state index contributed by atoms with van der Waals surface area (Å²) in [6, 6.07) is 18.8. The van der Waals surface area contributed by atoms with E-state index in [2.05, 4.69) is 0 Å². The van der Waals surface area contributed by atoms with Crippen molar-refractivity contribution in [1.82, 2.24) is 0 Å². The normalized spacial score (nSPS) is 19.3. The van der Waals surface area contributed by atoms with Gasteiger partial charge in [0.1, 0.15) is 29.4 Å². The number of benzene rings is 4. The third-order valence-corrected chi connectivity index (χ3v) is 8.30. The molecule has 3 atom stereocenters. The minimum absolute atomic E-state index is 0. The van der Waals surface area contributed by atoms with Crippen LogP contribution in [0, 0.1) is 23.3 Å². The minimum atomic E-state index is -4.67.